The van der Waals surface area contributed by atoms with E-state index in [1.807, 2.05) is 32.6 Å². The van der Waals surface area contributed by atoms with E-state index in [2.05, 4.69) is 5.32 Å². The normalized spacial score (nSPS) is 18.3. The number of carbonyl (C=O) groups is 3. The monoisotopic (exact) mass is 447 g/mol. The van der Waals surface area contributed by atoms with Gasteiger partial charge < -0.3 is 15.1 Å². The number of halogens is 1. The summed E-state index contributed by atoms with van der Waals surface area (Å²) >= 11 is 6.62. The maximum atomic E-state index is 13.6. The first-order valence-corrected chi connectivity index (χ1v) is 11.7. The van der Waals surface area contributed by atoms with Crippen LogP contribution in [0.25, 0.3) is 0 Å². The molecule has 0 unspecified atom stereocenters. The third-order valence-electron chi connectivity index (χ3n) is 6.53. The van der Waals surface area contributed by atoms with Gasteiger partial charge in [0.15, 0.2) is 0 Å². The number of carbonyl (C=O) groups excluding carboxylic acids is 3. The Bertz CT molecular complexity index is 875. The lowest BCUT2D eigenvalue weighted by molar-refractivity contribution is -0.122. The van der Waals surface area contributed by atoms with E-state index in [-0.39, 0.29) is 29.8 Å². The standard InChI is InChI=1S/C24H34ClN3O3/c1-15(2)28(17-9-7-6-8-10-17)22(30)18-13-21-19(14-20(18)25)24(4,5)23(31)27(21)12-11-26-16(3)29/h13-15,17H,6-12H2,1-5H3,(H,26,29). The van der Waals surface area contributed by atoms with Crippen molar-refractivity contribution in [2.45, 2.75) is 84.2 Å². The second kappa shape index (κ2) is 9.19. The van der Waals surface area contributed by atoms with Crippen LogP contribution in [0.5, 0.6) is 0 Å². The molecule has 1 aromatic carbocycles. The summed E-state index contributed by atoms with van der Waals surface area (Å²) < 4.78 is 0. The van der Waals surface area contributed by atoms with Gasteiger partial charge in [0.1, 0.15) is 0 Å². The summed E-state index contributed by atoms with van der Waals surface area (Å²) in [4.78, 5) is 41.7. The van der Waals surface area contributed by atoms with Gasteiger partial charge in [0.2, 0.25) is 11.8 Å². The zero-order valence-corrected chi connectivity index (χ0v) is 20.0. The minimum atomic E-state index is -0.738. The second-order valence-corrected chi connectivity index (χ2v) is 9.92. The molecule has 1 heterocycles. The molecule has 0 spiro atoms. The highest BCUT2D eigenvalue weighted by Crippen LogP contribution is 2.44. The van der Waals surface area contributed by atoms with Gasteiger partial charge in [-0.25, -0.2) is 0 Å². The van der Waals surface area contributed by atoms with Crippen LogP contribution in [0.2, 0.25) is 5.02 Å². The molecule has 1 N–H and O–H groups in total. The van der Waals surface area contributed by atoms with Crippen molar-refractivity contribution in [1.82, 2.24) is 10.2 Å². The molecule has 0 atom stereocenters. The highest BCUT2D eigenvalue weighted by atomic mass is 35.5. The SMILES string of the molecule is CC(=O)NCCN1C(=O)C(C)(C)c2cc(Cl)c(C(=O)N(C(C)C)C3CCCCC3)cc21. The maximum absolute atomic E-state index is 13.6. The molecule has 0 saturated heterocycles. The minimum Gasteiger partial charge on any atom is -0.355 e. The number of nitrogens with zero attached hydrogens (tertiary/aromatic N) is 2. The Balaban J connectivity index is 1.97. The summed E-state index contributed by atoms with van der Waals surface area (Å²) in [5.74, 6) is -0.270. The smallest absolute Gasteiger partial charge is 0.255 e. The molecule has 0 bridgehead atoms. The molecule has 0 aromatic heterocycles. The fourth-order valence-electron chi connectivity index (χ4n) is 4.90. The van der Waals surface area contributed by atoms with E-state index < -0.39 is 5.41 Å². The Morgan fingerprint density at radius 2 is 1.87 bits per heavy atom. The zero-order chi connectivity index (χ0) is 22.9. The molecular weight excluding hydrogens is 414 g/mol. The van der Waals surface area contributed by atoms with Gasteiger partial charge in [0.05, 0.1) is 16.0 Å². The van der Waals surface area contributed by atoms with Crippen molar-refractivity contribution >= 4 is 35.0 Å². The summed E-state index contributed by atoms with van der Waals surface area (Å²) in [6, 6.07) is 3.84. The summed E-state index contributed by atoms with van der Waals surface area (Å²) in [6.45, 7) is 9.97. The first-order chi connectivity index (χ1) is 14.6. The van der Waals surface area contributed by atoms with Gasteiger partial charge in [-0.3, -0.25) is 14.4 Å². The third-order valence-corrected chi connectivity index (χ3v) is 6.84. The van der Waals surface area contributed by atoms with Crippen LogP contribution in [0.1, 0.15) is 82.6 Å². The lowest BCUT2D eigenvalue weighted by Crippen LogP contribution is -2.45. The largest absolute Gasteiger partial charge is 0.355 e. The molecule has 1 aliphatic carbocycles. The quantitative estimate of drug-likeness (QED) is 0.707. The van der Waals surface area contributed by atoms with Crippen molar-refractivity contribution in [2.75, 3.05) is 18.0 Å². The summed E-state index contributed by atoms with van der Waals surface area (Å²) in [7, 11) is 0. The van der Waals surface area contributed by atoms with Crippen LogP contribution in [0.4, 0.5) is 5.69 Å². The number of benzene rings is 1. The molecule has 1 aromatic rings. The summed E-state index contributed by atoms with van der Waals surface area (Å²) in [6.07, 6.45) is 5.52. The van der Waals surface area contributed by atoms with Crippen LogP contribution in [0.3, 0.4) is 0 Å². The molecule has 3 amide bonds. The molecule has 0 radical (unpaired) electrons. The van der Waals surface area contributed by atoms with Crippen LogP contribution in [0, 0.1) is 0 Å². The van der Waals surface area contributed by atoms with Crippen molar-refractivity contribution in [2.24, 2.45) is 0 Å². The molecule has 170 valence electrons. The van der Waals surface area contributed by atoms with Gasteiger partial charge >= 0.3 is 0 Å². The molecule has 2 aliphatic rings. The molecule has 1 aliphatic heterocycles. The number of rotatable bonds is 6. The Hall–Kier alpha value is -2.08. The second-order valence-electron chi connectivity index (χ2n) is 9.51. The maximum Gasteiger partial charge on any atom is 0.255 e. The predicted molar refractivity (Wildman–Crippen MR) is 124 cm³/mol. The van der Waals surface area contributed by atoms with Crippen molar-refractivity contribution in [1.29, 1.82) is 0 Å². The van der Waals surface area contributed by atoms with E-state index in [9.17, 15) is 14.4 Å². The minimum absolute atomic E-state index is 0.0542. The Kier molecular flexibility index (Phi) is 6.99. The molecule has 7 heteroatoms. The Morgan fingerprint density at radius 1 is 1.23 bits per heavy atom. The van der Waals surface area contributed by atoms with Gasteiger partial charge in [0, 0.05) is 37.8 Å². The van der Waals surface area contributed by atoms with Crippen molar-refractivity contribution in [3.63, 3.8) is 0 Å². The summed E-state index contributed by atoms with van der Waals surface area (Å²) in [5.41, 5.74) is 1.23. The number of hydrogen-bond acceptors (Lipinski definition) is 3. The molecule has 6 nitrogen and oxygen atoms in total. The predicted octanol–water partition coefficient (Wildman–Crippen LogP) is 4.28. The average molecular weight is 448 g/mol. The Labute approximate surface area is 190 Å². The molecule has 1 saturated carbocycles. The first-order valence-electron chi connectivity index (χ1n) is 11.3. The molecule has 3 rings (SSSR count). The fraction of sp³-hybridized carbons (Fsp3) is 0.625. The number of anilines is 1. The molecule has 31 heavy (non-hydrogen) atoms. The van der Waals surface area contributed by atoms with E-state index in [1.54, 1.807) is 17.0 Å². The first kappa shape index (κ1) is 23.6. The van der Waals surface area contributed by atoms with Crippen molar-refractivity contribution < 1.29 is 14.4 Å². The van der Waals surface area contributed by atoms with Crippen LogP contribution in [-0.4, -0.2) is 47.8 Å². The highest BCUT2D eigenvalue weighted by Gasteiger charge is 2.44. The van der Waals surface area contributed by atoms with Crippen LogP contribution < -0.4 is 10.2 Å². The van der Waals surface area contributed by atoms with Crippen molar-refractivity contribution in [3.8, 4) is 0 Å². The highest BCUT2D eigenvalue weighted by molar-refractivity contribution is 6.34. The molecular formula is C24H34ClN3O3. The van der Waals surface area contributed by atoms with Crippen LogP contribution in [0.15, 0.2) is 12.1 Å². The molecule has 1 fully saturated rings. The number of nitrogens with one attached hydrogen (secondary N) is 1. The van der Waals surface area contributed by atoms with E-state index in [1.165, 1.54) is 13.3 Å². The number of fused-ring (bicyclic) bond motifs is 1. The van der Waals surface area contributed by atoms with Gasteiger partial charge in [-0.2, -0.15) is 0 Å². The van der Waals surface area contributed by atoms with E-state index in [0.717, 1.165) is 31.2 Å². The average Bonchev–Trinajstić information content (AvgIpc) is 2.88. The lowest BCUT2D eigenvalue weighted by atomic mass is 9.85. The fourth-order valence-corrected chi connectivity index (χ4v) is 5.14. The van der Waals surface area contributed by atoms with Crippen LogP contribution >= 0.6 is 11.6 Å². The summed E-state index contributed by atoms with van der Waals surface area (Å²) in [5, 5.41) is 3.13. The van der Waals surface area contributed by atoms with Crippen molar-refractivity contribution in [3.05, 3.63) is 28.3 Å². The topological polar surface area (TPSA) is 69.7 Å². The van der Waals surface area contributed by atoms with E-state index in [4.69, 9.17) is 11.6 Å². The van der Waals surface area contributed by atoms with Gasteiger partial charge in [-0.05, 0) is 58.2 Å². The number of hydrogen-bond donors (Lipinski definition) is 1. The Morgan fingerprint density at radius 3 is 2.45 bits per heavy atom. The van der Waals surface area contributed by atoms with Gasteiger partial charge in [-0.1, -0.05) is 30.9 Å². The zero-order valence-electron chi connectivity index (χ0n) is 19.3. The van der Waals surface area contributed by atoms with E-state index >= 15 is 0 Å². The van der Waals surface area contributed by atoms with Gasteiger partial charge in [0.25, 0.3) is 5.91 Å². The van der Waals surface area contributed by atoms with Gasteiger partial charge in [-0.15, -0.1) is 0 Å². The number of amides is 3. The third kappa shape index (κ3) is 4.59. The van der Waals surface area contributed by atoms with E-state index in [0.29, 0.717) is 29.4 Å². The van der Waals surface area contributed by atoms with Crippen LogP contribution in [-0.2, 0) is 15.0 Å². The lowest BCUT2D eigenvalue weighted by Gasteiger charge is -2.37.